The van der Waals surface area contributed by atoms with E-state index in [9.17, 15) is 4.79 Å². The van der Waals surface area contributed by atoms with Gasteiger partial charge in [0.05, 0.1) is 0 Å². The molecule has 0 aliphatic carbocycles. The summed E-state index contributed by atoms with van der Waals surface area (Å²) in [5.41, 5.74) is 0. The van der Waals surface area contributed by atoms with Crippen molar-refractivity contribution in [2.45, 2.75) is 0 Å². The number of carbonyl (C=O) groups excluding carboxylic acids is 1. The zero-order chi connectivity index (χ0) is 11.2. The molecule has 2 nitrogen and oxygen atoms in total. The van der Waals surface area contributed by atoms with Gasteiger partial charge in [-0.3, -0.25) is 0 Å². The van der Waals surface area contributed by atoms with E-state index in [0.29, 0.717) is 12.2 Å². The Bertz CT molecular complexity index is 468. The minimum atomic E-state index is -0.195. The van der Waals surface area contributed by atoms with Crippen LogP contribution in [0.5, 0.6) is 5.75 Å². The van der Waals surface area contributed by atoms with Crippen molar-refractivity contribution in [1.29, 1.82) is 0 Å². The Morgan fingerprint density at radius 3 is 2.44 bits per heavy atom. The van der Waals surface area contributed by atoms with E-state index in [1.807, 2.05) is 30.3 Å². The average Bonchev–Trinajstić information content (AvgIpc) is 2.31. The van der Waals surface area contributed by atoms with Crippen LogP contribution < -0.4 is 25.9 Å². The zero-order valence-electron chi connectivity index (χ0n) is 8.47. The van der Waals surface area contributed by atoms with E-state index in [2.05, 4.69) is 18.2 Å². The third kappa shape index (κ3) is 3.06. The number of ether oxygens (including phenoxy) is 1. The summed E-state index contributed by atoms with van der Waals surface area (Å²) in [5, 5.41) is 0. The van der Waals surface area contributed by atoms with Gasteiger partial charge in [0.2, 0.25) is 0 Å². The van der Waals surface area contributed by atoms with Crippen LogP contribution in [0.25, 0.3) is 0 Å². The van der Waals surface area contributed by atoms with Crippen molar-refractivity contribution >= 4 is 6.47 Å². The van der Waals surface area contributed by atoms with Crippen LogP contribution in [0.2, 0.25) is 0 Å². The third-order valence-electron chi connectivity index (χ3n) is 1.93. The van der Waals surface area contributed by atoms with E-state index >= 15 is 0 Å². The number of hydrogen-bond donors (Lipinski definition) is 0. The van der Waals surface area contributed by atoms with Crippen LogP contribution in [0.1, 0.15) is 0 Å². The van der Waals surface area contributed by atoms with Gasteiger partial charge in [-0.15, -0.1) is 0 Å². The van der Waals surface area contributed by atoms with Gasteiger partial charge in [0, 0.05) is 0 Å². The summed E-state index contributed by atoms with van der Waals surface area (Å²) in [4.78, 5) is 10.2. The minimum absolute atomic E-state index is 0.195. The topological polar surface area (TPSA) is 26.3 Å². The molecule has 0 spiro atoms. The number of halogens is 1. The second-order valence-electron chi connectivity index (χ2n) is 3.06. The van der Waals surface area contributed by atoms with Gasteiger partial charge >= 0.3 is 105 Å². The maximum absolute atomic E-state index is 10.2. The van der Waals surface area contributed by atoms with Crippen molar-refractivity contribution in [3.63, 3.8) is 0 Å². The van der Waals surface area contributed by atoms with Crippen molar-refractivity contribution in [2.24, 2.45) is 0 Å². The molecular weight excluding hydrogens is 315 g/mol. The van der Waals surface area contributed by atoms with Crippen molar-refractivity contribution < 1.29 is 30.7 Å². The molecule has 0 saturated heterocycles. The first-order valence-electron chi connectivity index (χ1n) is 4.79. The van der Waals surface area contributed by atoms with Gasteiger partial charge in [0.1, 0.15) is 0 Å². The van der Waals surface area contributed by atoms with Crippen molar-refractivity contribution in [1.82, 2.24) is 0 Å². The molecule has 2 aromatic carbocycles. The molecule has 2 aromatic rings. The SMILES string of the molecule is O=COc1cccc([I-]c2ccccc2)c1. The fourth-order valence-electron chi connectivity index (χ4n) is 1.26. The molecule has 0 aliphatic heterocycles. The van der Waals surface area contributed by atoms with Gasteiger partial charge in [-0.05, 0) is 0 Å². The van der Waals surface area contributed by atoms with Crippen LogP contribution in [-0.4, -0.2) is 6.47 Å². The molecule has 0 unspecified atom stereocenters. The normalized spacial score (nSPS) is 10.0. The van der Waals surface area contributed by atoms with Crippen LogP contribution in [0.15, 0.2) is 54.6 Å². The Kier molecular flexibility index (Phi) is 3.93. The molecule has 0 atom stereocenters. The van der Waals surface area contributed by atoms with Gasteiger partial charge in [0.25, 0.3) is 0 Å². The Balaban J connectivity index is 2.15. The fraction of sp³-hybridized carbons (Fsp3) is 0. The first kappa shape index (κ1) is 11.1. The van der Waals surface area contributed by atoms with E-state index in [0.717, 1.165) is 0 Å². The van der Waals surface area contributed by atoms with Gasteiger partial charge in [-0.2, -0.15) is 0 Å². The van der Waals surface area contributed by atoms with E-state index in [-0.39, 0.29) is 21.2 Å². The van der Waals surface area contributed by atoms with Crippen LogP contribution >= 0.6 is 0 Å². The Labute approximate surface area is 105 Å². The van der Waals surface area contributed by atoms with Crippen molar-refractivity contribution in [3.05, 3.63) is 61.7 Å². The molecule has 0 bridgehead atoms. The second-order valence-corrected chi connectivity index (χ2v) is 6.09. The molecule has 0 radical (unpaired) electrons. The van der Waals surface area contributed by atoms with Crippen LogP contribution in [0.3, 0.4) is 0 Å². The van der Waals surface area contributed by atoms with Gasteiger partial charge in [-0.1, -0.05) is 0 Å². The number of carbonyl (C=O) groups is 1. The van der Waals surface area contributed by atoms with E-state index < -0.39 is 0 Å². The summed E-state index contributed by atoms with van der Waals surface area (Å²) in [7, 11) is 0. The summed E-state index contributed by atoms with van der Waals surface area (Å²) in [6.45, 7) is 0.458. The summed E-state index contributed by atoms with van der Waals surface area (Å²) in [6.07, 6.45) is 0. The second kappa shape index (κ2) is 5.65. The molecule has 2 rings (SSSR count). The summed E-state index contributed by atoms with van der Waals surface area (Å²) in [6, 6.07) is 18.0. The summed E-state index contributed by atoms with van der Waals surface area (Å²) < 4.78 is 7.41. The number of rotatable bonds is 4. The predicted octanol–water partition coefficient (Wildman–Crippen LogP) is -0.650. The molecule has 0 saturated carbocycles. The standard InChI is InChI=1S/C13H10IO2/c15-10-16-13-8-4-7-12(9-13)14-11-5-2-1-3-6-11/h1-10H/q-1. The van der Waals surface area contributed by atoms with Crippen LogP contribution in [0.4, 0.5) is 0 Å². The van der Waals surface area contributed by atoms with Crippen molar-refractivity contribution in [2.75, 3.05) is 0 Å². The van der Waals surface area contributed by atoms with E-state index in [1.54, 1.807) is 6.07 Å². The molecule has 0 heterocycles. The zero-order valence-corrected chi connectivity index (χ0v) is 10.6. The molecule has 82 valence electrons. The Hall–Kier alpha value is -1.36. The van der Waals surface area contributed by atoms with Crippen LogP contribution in [0, 0.1) is 7.14 Å². The van der Waals surface area contributed by atoms with E-state index in [4.69, 9.17) is 4.74 Å². The van der Waals surface area contributed by atoms with E-state index in [1.165, 1.54) is 7.14 Å². The van der Waals surface area contributed by atoms with Gasteiger partial charge < -0.3 is 0 Å². The molecular formula is C13H10IO2-. The molecule has 0 aliphatic rings. The van der Waals surface area contributed by atoms with Gasteiger partial charge in [0.15, 0.2) is 0 Å². The van der Waals surface area contributed by atoms with Gasteiger partial charge in [-0.25, -0.2) is 0 Å². The molecule has 0 amide bonds. The van der Waals surface area contributed by atoms with Crippen LogP contribution in [-0.2, 0) is 4.79 Å². The monoisotopic (exact) mass is 325 g/mol. The summed E-state index contributed by atoms with van der Waals surface area (Å²) >= 11 is -0.195. The third-order valence-corrected chi connectivity index (χ3v) is 4.57. The molecule has 3 heteroatoms. The van der Waals surface area contributed by atoms with Crippen molar-refractivity contribution in [3.8, 4) is 5.75 Å². The molecule has 16 heavy (non-hydrogen) atoms. The number of benzene rings is 2. The first-order valence-corrected chi connectivity index (χ1v) is 6.94. The Morgan fingerprint density at radius 1 is 0.938 bits per heavy atom. The maximum atomic E-state index is 10.2. The molecule has 0 N–H and O–H groups in total. The average molecular weight is 325 g/mol. The molecule has 0 fully saturated rings. The molecule has 0 aromatic heterocycles. The number of hydrogen-bond acceptors (Lipinski definition) is 2. The summed E-state index contributed by atoms with van der Waals surface area (Å²) in [5.74, 6) is 0.614. The fourth-order valence-corrected chi connectivity index (χ4v) is 3.60. The predicted molar refractivity (Wildman–Crippen MR) is 57.0 cm³/mol. The quantitative estimate of drug-likeness (QED) is 0.552. The first-order chi connectivity index (χ1) is 7.88. The Morgan fingerprint density at radius 2 is 1.69 bits per heavy atom.